The highest BCUT2D eigenvalue weighted by Gasteiger charge is 2.41. The highest BCUT2D eigenvalue weighted by molar-refractivity contribution is 6.90. The Bertz CT molecular complexity index is 3630. The van der Waals surface area contributed by atoms with Crippen LogP contribution in [0.15, 0.2) is 146 Å². The molecule has 0 aromatic heterocycles. The van der Waals surface area contributed by atoms with Crippen molar-refractivity contribution in [2.75, 3.05) is 0 Å². The van der Waals surface area contributed by atoms with Crippen LogP contribution in [0.25, 0.3) is 86.2 Å². The Kier molecular flexibility index (Phi) is 13.5. The first-order valence-electron chi connectivity index (χ1n) is 26.3. The summed E-state index contributed by atoms with van der Waals surface area (Å²) in [5.74, 6) is 16.0. The second-order valence-corrected chi connectivity index (χ2v) is 28.5. The van der Waals surface area contributed by atoms with E-state index in [0.29, 0.717) is 16.6 Å². The fourth-order valence-corrected chi connectivity index (χ4v) is 18.8. The van der Waals surface area contributed by atoms with Gasteiger partial charge in [-0.15, -0.1) is 11.1 Å². The van der Waals surface area contributed by atoms with E-state index in [1.807, 2.05) is 0 Å². The molecule has 10 aromatic carbocycles. The minimum absolute atomic E-state index is 0.524. The van der Waals surface area contributed by atoms with E-state index in [1.165, 1.54) is 103 Å². The van der Waals surface area contributed by atoms with Gasteiger partial charge in [0.2, 0.25) is 0 Å². The van der Waals surface area contributed by atoms with E-state index in [2.05, 4.69) is 236 Å². The topological polar surface area (TPSA) is 0 Å². The molecule has 0 bridgehead atoms. The summed E-state index contributed by atoms with van der Waals surface area (Å²) in [7, 11) is -2.71. The van der Waals surface area contributed by atoms with Crippen molar-refractivity contribution in [3.8, 4) is 34.8 Å². The van der Waals surface area contributed by atoms with Gasteiger partial charge in [-0.1, -0.05) is 215 Å². The van der Waals surface area contributed by atoms with Gasteiger partial charge in [-0.25, -0.2) is 0 Å². The van der Waals surface area contributed by atoms with Gasteiger partial charge in [0.15, 0.2) is 0 Å². The molecule has 0 N–H and O–H groups in total. The van der Waals surface area contributed by atoms with E-state index in [1.54, 1.807) is 0 Å². The molecule has 0 heterocycles. The predicted octanol–water partition coefficient (Wildman–Crippen LogP) is 18.5. The zero-order chi connectivity index (χ0) is 48.5. The fraction of sp³-hybridized carbons (Fsp3) is 0.265. The zero-order valence-electron chi connectivity index (χ0n) is 42.6. The maximum absolute atomic E-state index is 4.16. The summed E-state index contributed by atoms with van der Waals surface area (Å²) in [6.45, 7) is 19.1. The van der Waals surface area contributed by atoms with E-state index in [-0.39, 0.29) is 0 Å². The lowest BCUT2D eigenvalue weighted by Gasteiger charge is -2.38. The standard InChI is InChI=1S/C68H66Si2/c1-9-11-29-56(30-12-10-2)69-35-33-59-65-41-52-25-17-13-21-48(52)37-61(65)57(62-38-49-22-14-18-26-53(49)42-66(59)62)31-32-58-63-39-50-23-15-19-27-54(50)43-67(63)60(34-36-70(45(3)4,46(5)6)47(7)8)68-44-55-28-20-16-24-51(55)40-64(58)68/h13-28,37-47,56H,9-12,29-30,69H2,1-8H3. The van der Waals surface area contributed by atoms with E-state index in [9.17, 15) is 0 Å². The molecule has 0 aliphatic carbocycles. The van der Waals surface area contributed by atoms with Crippen LogP contribution in [0, 0.1) is 34.8 Å². The molecule has 0 aliphatic rings. The lowest BCUT2D eigenvalue weighted by atomic mass is 9.87. The highest BCUT2D eigenvalue weighted by atomic mass is 28.3. The molecule has 2 heteroatoms. The van der Waals surface area contributed by atoms with Crippen molar-refractivity contribution in [2.24, 2.45) is 0 Å². The van der Waals surface area contributed by atoms with Crippen molar-refractivity contribution in [3.63, 3.8) is 0 Å². The molecule has 10 aromatic rings. The summed E-state index contributed by atoms with van der Waals surface area (Å²) in [6, 6.07) is 54.3. The number of hydrogen-bond donors (Lipinski definition) is 0. The molecule has 0 aliphatic heterocycles. The van der Waals surface area contributed by atoms with Crippen LogP contribution in [0.2, 0.25) is 22.2 Å². The maximum atomic E-state index is 4.16. The van der Waals surface area contributed by atoms with Gasteiger partial charge >= 0.3 is 0 Å². The Balaban J connectivity index is 1.31. The average Bonchev–Trinajstić information content (AvgIpc) is 3.36. The van der Waals surface area contributed by atoms with Gasteiger partial charge in [0, 0.05) is 22.3 Å². The first-order valence-corrected chi connectivity index (χ1v) is 30.0. The molecule has 0 saturated carbocycles. The number of benzene rings is 10. The zero-order valence-corrected chi connectivity index (χ0v) is 45.0. The molecule has 0 saturated heterocycles. The van der Waals surface area contributed by atoms with Crippen molar-refractivity contribution in [2.45, 2.75) is 116 Å². The molecule has 0 spiro atoms. The van der Waals surface area contributed by atoms with Gasteiger partial charge in [-0.3, -0.25) is 0 Å². The number of hydrogen-bond acceptors (Lipinski definition) is 0. The Morgan fingerprint density at radius 1 is 0.371 bits per heavy atom. The van der Waals surface area contributed by atoms with Crippen molar-refractivity contribution >= 4 is 104 Å². The quantitative estimate of drug-likeness (QED) is 0.0728. The molecular weight excluding hydrogens is 873 g/mol. The Hall–Kier alpha value is -6.61. The molecule has 0 radical (unpaired) electrons. The molecule has 0 fully saturated rings. The number of fused-ring (bicyclic) bond motifs is 8. The third kappa shape index (κ3) is 8.70. The van der Waals surface area contributed by atoms with E-state index in [4.69, 9.17) is 0 Å². The smallest absolute Gasteiger partial charge is 0.134 e. The molecule has 346 valence electrons. The first kappa shape index (κ1) is 47.1. The summed E-state index contributed by atoms with van der Waals surface area (Å²) >= 11 is 0. The summed E-state index contributed by atoms with van der Waals surface area (Å²) in [5, 5.41) is 19.1. The normalized spacial score (nSPS) is 12.2. The van der Waals surface area contributed by atoms with Crippen molar-refractivity contribution in [3.05, 3.63) is 168 Å². The highest BCUT2D eigenvalue weighted by Crippen LogP contribution is 2.43. The van der Waals surface area contributed by atoms with E-state index >= 15 is 0 Å². The lowest BCUT2D eigenvalue weighted by Crippen LogP contribution is -2.43. The summed E-state index contributed by atoms with van der Waals surface area (Å²) in [5.41, 5.74) is 14.8. The molecule has 10 rings (SSSR count). The number of rotatable bonds is 10. The van der Waals surface area contributed by atoms with Crippen molar-refractivity contribution in [1.29, 1.82) is 0 Å². The SMILES string of the molecule is CCCCC(CCCC)[SiH2]C#Cc1c2cc3ccccc3cc2c(C#Cc2c3cc4ccccc4cc3c(C#C[Si](C(C)C)(C(C)C)C(C)C)c3cc4ccccc4cc23)c2cc3ccccc3cc12. The molecule has 0 nitrogen and oxygen atoms in total. The van der Waals surface area contributed by atoms with E-state index < -0.39 is 17.6 Å². The molecule has 70 heavy (non-hydrogen) atoms. The fourth-order valence-electron chi connectivity index (χ4n) is 12.1. The Morgan fingerprint density at radius 3 is 0.886 bits per heavy atom. The second kappa shape index (κ2) is 20.0. The summed E-state index contributed by atoms with van der Waals surface area (Å²) in [4.78, 5) is 0. The molecule has 0 atom stereocenters. The van der Waals surface area contributed by atoms with Crippen LogP contribution in [0.5, 0.6) is 0 Å². The third-order valence-electron chi connectivity index (χ3n) is 15.8. The van der Waals surface area contributed by atoms with Crippen LogP contribution >= 0.6 is 0 Å². The van der Waals surface area contributed by atoms with Gasteiger partial charge in [-0.05, 0) is 157 Å². The lowest BCUT2D eigenvalue weighted by molar-refractivity contribution is 0.599. The maximum Gasteiger partial charge on any atom is 0.146 e. The predicted molar refractivity (Wildman–Crippen MR) is 315 cm³/mol. The Labute approximate surface area is 420 Å². The van der Waals surface area contributed by atoms with Crippen LogP contribution in [0.4, 0.5) is 0 Å². The van der Waals surface area contributed by atoms with Gasteiger partial charge < -0.3 is 0 Å². The van der Waals surface area contributed by atoms with E-state index in [0.717, 1.165) is 49.3 Å². The number of unbranched alkanes of at least 4 members (excludes halogenated alkanes) is 2. The Morgan fingerprint density at radius 2 is 0.629 bits per heavy atom. The van der Waals surface area contributed by atoms with Gasteiger partial charge in [0.1, 0.15) is 17.6 Å². The molecular formula is C68H66Si2. The molecule has 0 unspecified atom stereocenters. The van der Waals surface area contributed by atoms with Gasteiger partial charge in [-0.2, -0.15) is 0 Å². The van der Waals surface area contributed by atoms with Crippen LogP contribution in [0.1, 0.15) is 116 Å². The van der Waals surface area contributed by atoms with Gasteiger partial charge in [0.25, 0.3) is 0 Å². The monoisotopic (exact) mass is 938 g/mol. The average molecular weight is 939 g/mol. The second-order valence-electron chi connectivity index (χ2n) is 21.0. The third-order valence-corrected chi connectivity index (χ3v) is 23.9. The molecule has 0 amide bonds. The first-order chi connectivity index (χ1) is 34.1. The van der Waals surface area contributed by atoms with Gasteiger partial charge in [0.05, 0.1) is 0 Å². The van der Waals surface area contributed by atoms with Crippen molar-refractivity contribution < 1.29 is 0 Å². The van der Waals surface area contributed by atoms with Crippen molar-refractivity contribution in [1.82, 2.24) is 0 Å². The summed E-state index contributed by atoms with van der Waals surface area (Å²) < 4.78 is 0. The van der Waals surface area contributed by atoms with Crippen LogP contribution in [-0.2, 0) is 0 Å². The van der Waals surface area contributed by atoms with Crippen LogP contribution in [-0.4, -0.2) is 17.6 Å². The summed E-state index contributed by atoms with van der Waals surface area (Å²) in [6.07, 6.45) is 7.70. The minimum atomic E-state index is -2.08. The van der Waals surface area contributed by atoms with Crippen LogP contribution < -0.4 is 0 Å². The largest absolute Gasteiger partial charge is 0.146 e. The van der Waals surface area contributed by atoms with Crippen LogP contribution in [0.3, 0.4) is 0 Å². The minimum Gasteiger partial charge on any atom is -0.134 e.